The molecule has 0 saturated carbocycles. The summed E-state index contributed by atoms with van der Waals surface area (Å²) in [6.07, 6.45) is -11.6. The number of aryl methyl sites for hydroxylation is 4. The summed E-state index contributed by atoms with van der Waals surface area (Å²) in [5.74, 6) is 0. The number of halogens is 6. The van der Waals surface area contributed by atoms with E-state index in [2.05, 4.69) is 9.98 Å². The van der Waals surface area contributed by atoms with E-state index in [4.69, 9.17) is 0 Å². The molecule has 0 aliphatic heterocycles. The van der Waals surface area contributed by atoms with E-state index in [0.717, 1.165) is 0 Å². The average molecular weight is 414 g/mol. The van der Waals surface area contributed by atoms with Crippen molar-refractivity contribution in [2.24, 2.45) is 9.98 Å². The van der Waals surface area contributed by atoms with Crippen LogP contribution in [0.2, 0.25) is 0 Å². The van der Waals surface area contributed by atoms with Gasteiger partial charge < -0.3 is 0 Å². The summed E-state index contributed by atoms with van der Waals surface area (Å²) in [5.41, 5.74) is -1.32. The minimum absolute atomic E-state index is 0.00780. The van der Waals surface area contributed by atoms with Crippen LogP contribution in [0, 0.1) is 27.7 Å². The predicted octanol–water partition coefficient (Wildman–Crippen LogP) is 7.28. The highest BCUT2D eigenvalue weighted by Crippen LogP contribution is 2.33. The van der Waals surface area contributed by atoms with E-state index in [0.29, 0.717) is 22.3 Å². The molecule has 0 heterocycles. The third-order valence-electron chi connectivity index (χ3n) is 4.36. The summed E-state index contributed by atoms with van der Waals surface area (Å²) < 4.78 is 81.4. The van der Waals surface area contributed by atoms with Crippen molar-refractivity contribution in [3.8, 4) is 0 Å². The summed E-state index contributed by atoms with van der Waals surface area (Å²) in [6.45, 7) is 6.20. The van der Waals surface area contributed by atoms with Gasteiger partial charge in [-0.25, -0.2) is 9.98 Å². The Balaban J connectivity index is 2.62. The van der Waals surface area contributed by atoms with Gasteiger partial charge in [0.1, 0.15) is 11.4 Å². The lowest BCUT2D eigenvalue weighted by molar-refractivity contribution is -0.0649. The van der Waals surface area contributed by atoms with E-state index in [-0.39, 0.29) is 11.4 Å². The Hall–Kier alpha value is -2.64. The fourth-order valence-corrected chi connectivity index (χ4v) is 2.80. The second kappa shape index (κ2) is 8.39. The second-order valence-corrected chi connectivity index (χ2v) is 6.77. The standard InChI is InChI=1S/C21H20F6N2/c1-12-7-5-8-13(2)18(12)28-16(20(22,23)24)11-17(21(25,26)27)29-19-14(3)9-6-10-15(19)4/h5-10H,11H2,1-4H3. The molecule has 2 aromatic carbocycles. The third-order valence-corrected chi connectivity index (χ3v) is 4.36. The summed E-state index contributed by atoms with van der Waals surface area (Å²) in [4.78, 5) is 7.16. The van der Waals surface area contributed by atoms with E-state index in [1.54, 1.807) is 64.1 Å². The molecule has 0 unspecified atom stereocenters. The van der Waals surface area contributed by atoms with Crippen LogP contribution in [0.15, 0.2) is 46.4 Å². The summed E-state index contributed by atoms with van der Waals surface area (Å²) in [6, 6.07) is 9.48. The molecule has 2 aromatic rings. The van der Waals surface area contributed by atoms with E-state index in [1.807, 2.05) is 0 Å². The van der Waals surface area contributed by atoms with Crippen LogP contribution in [0.25, 0.3) is 0 Å². The maximum Gasteiger partial charge on any atom is 0.429 e. The average Bonchev–Trinajstić information content (AvgIpc) is 2.56. The van der Waals surface area contributed by atoms with Gasteiger partial charge in [-0.3, -0.25) is 0 Å². The van der Waals surface area contributed by atoms with Crippen molar-refractivity contribution in [2.45, 2.75) is 46.5 Å². The maximum atomic E-state index is 13.6. The monoisotopic (exact) mass is 414 g/mol. The Morgan fingerprint density at radius 3 is 1.14 bits per heavy atom. The minimum atomic E-state index is -5.04. The first-order valence-electron chi connectivity index (χ1n) is 8.72. The molecule has 0 amide bonds. The number of hydrogen-bond donors (Lipinski definition) is 0. The molecule has 0 spiro atoms. The molecule has 0 fully saturated rings. The van der Waals surface area contributed by atoms with Crippen molar-refractivity contribution in [1.82, 2.24) is 0 Å². The van der Waals surface area contributed by atoms with Crippen LogP contribution in [0.5, 0.6) is 0 Å². The number of benzene rings is 2. The first kappa shape index (κ1) is 22.6. The van der Waals surface area contributed by atoms with Gasteiger partial charge in [-0.2, -0.15) is 26.3 Å². The maximum absolute atomic E-state index is 13.6. The Labute approximate surface area is 165 Å². The number of aliphatic imine (C=N–C) groups is 2. The molecule has 0 aliphatic rings. The van der Waals surface area contributed by atoms with Crippen LogP contribution < -0.4 is 0 Å². The van der Waals surface area contributed by atoms with Crippen molar-refractivity contribution < 1.29 is 26.3 Å². The largest absolute Gasteiger partial charge is 0.429 e. The number of rotatable bonds is 4. The first-order valence-corrected chi connectivity index (χ1v) is 8.72. The number of hydrogen-bond acceptors (Lipinski definition) is 2. The lowest BCUT2D eigenvalue weighted by Gasteiger charge is -2.17. The summed E-state index contributed by atoms with van der Waals surface area (Å²) in [5, 5.41) is 0. The van der Waals surface area contributed by atoms with Crippen LogP contribution in [-0.4, -0.2) is 23.8 Å². The Bertz CT molecular complexity index is 835. The Morgan fingerprint density at radius 1 is 0.621 bits per heavy atom. The van der Waals surface area contributed by atoms with Gasteiger partial charge in [0.25, 0.3) is 0 Å². The Morgan fingerprint density at radius 2 is 0.897 bits per heavy atom. The Kier molecular flexibility index (Phi) is 6.55. The molecule has 2 nitrogen and oxygen atoms in total. The molecular weight excluding hydrogens is 394 g/mol. The predicted molar refractivity (Wildman–Crippen MR) is 103 cm³/mol. The first-order chi connectivity index (χ1) is 13.3. The van der Waals surface area contributed by atoms with Crippen LogP contribution in [0.1, 0.15) is 28.7 Å². The van der Waals surface area contributed by atoms with Crippen LogP contribution in [0.4, 0.5) is 37.7 Å². The van der Waals surface area contributed by atoms with Gasteiger partial charge in [0.2, 0.25) is 0 Å². The summed E-state index contributed by atoms with van der Waals surface area (Å²) >= 11 is 0. The van der Waals surface area contributed by atoms with Crippen molar-refractivity contribution >= 4 is 22.8 Å². The van der Waals surface area contributed by atoms with Crippen molar-refractivity contribution in [1.29, 1.82) is 0 Å². The van der Waals surface area contributed by atoms with E-state index in [1.165, 1.54) is 0 Å². The van der Waals surface area contributed by atoms with E-state index < -0.39 is 30.2 Å². The lowest BCUT2D eigenvalue weighted by atomic mass is 10.1. The van der Waals surface area contributed by atoms with Gasteiger partial charge >= 0.3 is 12.4 Å². The van der Waals surface area contributed by atoms with Gasteiger partial charge in [0, 0.05) is 6.42 Å². The highest BCUT2D eigenvalue weighted by molar-refractivity contribution is 6.10. The topological polar surface area (TPSA) is 24.7 Å². The molecule has 0 atom stereocenters. The molecule has 0 bridgehead atoms. The molecule has 0 aromatic heterocycles. The molecule has 0 radical (unpaired) electrons. The van der Waals surface area contributed by atoms with Gasteiger partial charge in [-0.05, 0) is 49.9 Å². The fraction of sp³-hybridized carbons (Fsp3) is 0.333. The zero-order chi connectivity index (χ0) is 22.0. The quantitative estimate of drug-likeness (QED) is 0.371. The fourth-order valence-electron chi connectivity index (χ4n) is 2.80. The molecular formula is C21H20F6N2. The van der Waals surface area contributed by atoms with Crippen LogP contribution >= 0.6 is 0 Å². The smallest absolute Gasteiger partial charge is 0.247 e. The number of alkyl halides is 6. The van der Waals surface area contributed by atoms with Gasteiger partial charge in [0.05, 0.1) is 11.4 Å². The summed E-state index contributed by atoms with van der Waals surface area (Å²) in [7, 11) is 0. The lowest BCUT2D eigenvalue weighted by Crippen LogP contribution is -2.32. The zero-order valence-electron chi connectivity index (χ0n) is 16.3. The normalized spacial score (nSPS) is 13.7. The number of nitrogens with zero attached hydrogens (tertiary/aromatic N) is 2. The minimum Gasteiger partial charge on any atom is -0.247 e. The van der Waals surface area contributed by atoms with Gasteiger partial charge in [0.15, 0.2) is 0 Å². The van der Waals surface area contributed by atoms with Crippen molar-refractivity contribution in [3.63, 3.8) is 0 Å². The molecule has 0 saturated heterocycles. The molecule has 8 heteroatoms. The highest BCUT2D eigenvalue weighted by atomic mass is 19.4. The number of para-hydroxylation sites is 2. The van der Waals surface area contributed by atoms with Crippen LogP contribution in [0.3, 0.4) is 0 Å². The van der Waals surface area contributed by atoms with Gasteiger partial charge in [-0.15, -0.1) is 0 Å². The molecule has 2 rings (SSSR count). The van der Waals surface area contributed by atoms with Crippen LogP contribution in [-0.2, 0) is 0 Å². The highest BCUT2D eigenvalue weighted by Gasteiger charge is 2.43. The van der Waals surface area contributed by atoms with Gasteiger partial charge in [-0.1, -0.05) is 36.4 Å². The molecule has 156 valence electrons. The molecule has 29 heavy (non-hydrogen) atoms. The third kappa shape index (κ3) is 5.68. The van der Waals surface area contributed by atoms with Crippen molar-refractivity contribution in [3.05, 3.63) is 58.7 Å². The SMILES string of the molecule is Cc1cccc(C)c1N=C(CC(=Nc1c(C)cccc1C)C(F)(F)F)C(F)(F)F. The molecule has 0 N–H and O–H groups in total. The zero-order valence-corrected chi connectivity index (χ0v) is 16.3. The van der Waals surface area contributed by atoms with E-state index in [9.17, 15) is 26.3 Å². The molecule has 0 aliphatic carbocycles. The van der Waals surface area contributed by atoms with Crippen molar-refractivity contribution in [2.75, 3.05) is 0 Å². The second-order valence-electron chi connectivity index (χ2n) is 6.77. The van der Waals surface area contributed by atoms with E-state index >= 15 is 0 Å².